The number of esters is 1. The lowest BCUT2D eigenvalue weighted by molar-refractivity contribution is -0.140. The number of hydrogen-bond donors (Lipinski definition) is 2. The van der Waals surface area contributed by atoms with Crippen molar-refractivity contribution in [3.8, 4) is 0 Å². The molecule has 2 rings (SSSR count). The van der Waals surface area contributed by atoms with Crippen LogP contribution in [0.3, 0.4) is 0 Å². The van der Waals surface area contributed by atoms with Crippen LogP contribution >= 0.6 is 0 Å². The van der Waals surface area contributed by atoms with E-state index in [1.807, 2.05) is 6.92 Å². The normalized spacial score (nSPS) is 18.2. The summed E-state index contributed by atoms with van der Waals surface area (Å²) < 4.78 is 42.6. The minimum atomic E-state index is -4.31. The van der Waals surface area contributed by atoms with E-state index in [0.717, 1.165) is 37.2 Å². The van der Waals surface area contributed by atoms with Gasteiger partial charge in [-0.25, -0.2) is 0 Å². The number of ether oxygens (including phenoxy) is 1. The van der Waals surface area contributed by atoms with Crippen LogP contribution in [0.15, 0.2) is 29.3 Å². The van der Waals surface area contributed by atoms with Gasteiger partial charge in [0, 0.05) is 32.2 Å². The summed E-state index contributed by atoms with van der Waals surface area (Å²) in [7, 11) is 1.35. The standard InChI is InChI=1S/C19H27F3N4O2/c1-3-23-18(24-10-8-17(27)28-2)25-16-9-11-26(13-16)12-14-4-6-15(7-5-14)19(20,21)22/h4-7,16H,3,8-13H2,1-2H3,(H2,23,24,25). The number of hydrogen-bond acceptors (Lipinski definition) is 4. The van der Waals surface area contributed by atoms with Crippen LogP contribution in [0.4, 0.5) is 13.2 Å². The maximum atomic E-state index is 12.7. The number of methoxy groups -OCH3 is 1. The van der Waals surface area contributed by atoms with Gasteiger partial charge in [0.2, 0.25) is 0 Å². The lowest BCUT2D eigenvalue weighted by Gasteiger charge is -2.19. The zero-order valence-electron chi connectivity index (χ0n) is 16.2. The Bertz CT molecular complexity index is 662. The van der Waals surface area contributed by atoms with Crippen molar-refractivity contribution >= 4 is 11.9 Å². The summed E-state index contributed by atoms with van der Waals surface area (Å²) in [5.74, 6) is 0.343. The second kappa shape index (κ2) is 10.3. The Balaban J connectivity index is 1.84. The third-order valence-corrected chi connectivity index (χ3v) is 4.46. The van der Waals surface area contributed by atoms with Gasteiger partial charge in [-0.1, -0.05) is 12.1 Å². The number of nitrogens with one attached hydrogen (secondary N) is 2. The van der Waals surface area contributed by atoms with Gasteiger partial charge in [-0.05, 0) is 31.0 Å². The van der Waals surface area contributed by atoms with Crippen LogP contribution in [0.5, 0.6) is 0 Å². The number of rotatable bonds is 7. The first-order valence-corrected chi connectivity index (χ1v) is 9.32. The predicted octanol–water partition coefficient (Wildman–Crippen LogP) is 2.40. The molecule has 9 heteroatoms. The van der Waals surface area contributed by atoms with Crippen molar-refractivity contribution in [3.63, 3.8) is 0 Å². The first-order valence-electron chi connectivity index (χ1n) is 9.32. The van der Waals surface area contributed by atoms with Crippen LogP contribution < -0.4 is 10.6 Å². The molecule has 0 bridgehead atoms. The molecule has 1 atom stereocenters. The molecular formula is C19H27F3N4O2. The highest BCUT2D eigenvalue weighted by Crippen LogP contribution is 2.29. The fourth-order valence-electron chi connectivity index (χ4n) is 3.03. The molecule has 0 aromatic heterocycles. The van der Waals surface area contributed by atoms with Gasteiger partial charge in [0.15, 0.2) is 5.96 Å². The number of guanidine groups is 1. The van der Waals surface area contributed by atoms with E-state index in [2.05, 4.69) is 25.3 Å². The van der Waals surface area contributed by atoms with Gasteiger partial charge < -0.3 is 15.4 Å². The largest absolute Gasteiger partial charge is 0.469 e. The van der Waals surface area contributed by atoms with Gasteiger partial charge in [0.1, 0.15) is 0 Å². The number of nitrogens with zero attached hydrogens (tertiary/aromatic N) is 2. The summed E-state index contributed by atoms with van der Waals surface area (Å²) in [5.41, 5.74) is 0.225. The molecular weight excluding hydrogens is 373 g/mol. The molecule has 1 aromatic rings. The average molecular weight is 400 g/mol. The Labute approximate surface area is 163 Å². The van der Waals surface area contributed by atoms with Gasteiger partial charge in [-0.15, -0.1) is 0 Å². The Hall–Kier alpha value is -2.29. The summed E-state index contributed by atoms with van der Waals surface area (Å²) >= 11 is 0. The van der Waals surface area contributed by atoms with Crippen LogP contribution in [0, 0.1) is 0 Å². The molecule has 0 amide bonds. The Morgan fingerprint density at radius 1 is 1.32 bits per heavy atom. The molecule has 0 saturated carbocycles. The second-order valence-electron chi connectivity index (χ2n) is 6.65. The molecule has 0 aliphatic carbocycles. The zero-order chi connectivity index (χ0) is 20.6. The molecule has 1 unspecified atom stereocenters. The third-order valence-electron chi connectivity index (χ3n) is 4.46. The van der Waals surface area contributed by atoms with Crippen LogP contribution in [-0.4, -0.2) is 56.2 Å². The summed E-state index contributed by atoms with van der Waals surface area (Å²) in [6, 6.07) is 5.49. The summed E-state index contributed by atoms with van der Waals surface area (Å²) in [6.07, 6.45) is -3.18. The highest BCUT2D eigenvalue weighted by Gasteiger charge is 2.30. The van der Waals surface area contributed by atoms with Gasteiger partial charge in [-0.2, -0.15) is 13.2 Å². The van der Waals surface area contributed by atoms with Gasteiger partial charge in [-0.3, -0.25) is 14.7 Å². The number of likely N-dealkylation sites (tertiary alicyclic amines) is 1. The number of aliphatic imine (C=N–C) groups is 1. The highest BCUT2D eigenvalue weighted by molar-refractivity contribution is 5.80. The van der Waals surface area contributed by atoms with Gasteiger partial charge in [0.05, 0.1) is 25.6 Å². The zero-order valence-corrected chi connectivity index (χ0v) is 16.2. The van der Waals surface area contributed by atoms with Crippen molar-refractivity contribution in [1.82, 2.24) is 15.5 Å². The van der Waals surface area contributed by atoms with E-state index in [9.17, 15) is 18.0 Å². The number of benzene rings is 1. The van der Waals surface area contributed by atoms with Gasteiger partial charge >= 0.3 is 12.1 Å². The predicted molar refractivity (Wildman–Crippen MR) is 101 cm³/mol. The van der Waals surface area contributed by atoms with E-state index in [-0.39, 0.29) is 18.4 Å². The van der Waals surface area contributed by atoms with Crippen molar-refractivity contribution < 1.29 is 22.7 Å². The lowest BCUT2D eigenvalue weighted by atomic mass is 10.1. The Morgan fingerprint density at radius 2 is 2.04 bits per heavy atom. The molecule has 1 fully saturated rings. The maximum absolute atomic E-state index is 12.7. The number of alkyl halides is 3. The average Bonchev–Trinajstić information content (AvgIpc) is 3.08. The fraction of sp³-hybridized carbons (Fsp3) is 0.579. The molecule has 1 aliphatic heterocycles. The van der Waals surface area contributed by atoms with Crippen molar-refractivity contribution in [2.24, 2.45) is 4.99 Å². The molecule has 28 heavy (non-hydrogen) atoms. The highest BCUT2D eigenvalue weighted by atomic mass is 19.4. The molecule has 1 aromatic carbocycles. The monoisotopic (exact) mass is 400 g/mol. The van der Waals surface area contributed by atoms with Crippen molar-refractivity contribution in [2.75, 3.05) is 33.3 Å². The lowest BCUT2D eigenvalue weighted by Crippen LogP contribution is -2.44. The van der Waals surface area contributed by atoms with Crippen LogP contribution in [0.1, 0.15) is 30.9 Å². The first kappa shape index (κ1) is 22.0. The summed E-state index contributed by atoms with van der Waals surface area (Å²) in [5, 5.41) is 6.50. The van der Waals surface area contributed by atoms with Crippen molar-refractivity contribution in [1.29, 1.82) is 0 Å². The topological polar surface area (TPSA) is 66.0 Å². The fourth-order valence-corrected chi connectivity index (χ4v) is 3.03. The van der Waals surface area contributed by atoms with E-state index in [1.54, 1.807) is 0 Å². The van der Waals surface area contributed by atoms with E-state index in [4.69, 9.17) is 0 Å². The molecule has 2 N–H and O–H groups in total. The Morgan fingerprint density at radius 3 is 2.64 bits per heavy atom. The number of carbonyl (C=O) groups is 1. The summed E-state index contributed by atoms with van der Waals surface area (Å²) in [4.78, 5) is 17.8. The molecule has 0 spiro atoms. The van der Waals surface area contributed by atoms with Crippen LogP contribution in [-0.2, 0) is 22.3 Å². The van der Waals surface area contributed by atoms with E-state index >= 15 is 0 Å². The number of carbonyl (C=O) groups excluding carboxylic acids is 1. The van der Waals surface area contributed by atoms with Crippen LogP contribution in [0.25, 0.3) is 0 Å². The van der Waals surface area contributed by atoms with E-state index in [1.165, 1.54) is 19.2 Å². The Kier molecular flexibility index (Phi) is 8.10. The minimum Gasteiger partial charge on any atom is -0.469 e. The first-order chi connectivity index (χ1) is 13.3. The third kappa shape index (κ3) is 7.03. The molecule has 6 nitrogen and oxygen atoms in total. The quantitative estimate of drug-likeness (QED) is 0.418. The van der Waals surface area contributed by atoms with E-state index in [0.29, 0.717) is 25.6 Å². The van der Waals surface area contributed by atoms with Gasteiger partial charge in [0.25, 0.3) is 0 Å². The van der Waals surface area contributed by atoms with Crippen molar-refractivity contribution in [3.05, 3.63) is 35.4 Å². The smallest absolute Gasteiger partial charge is 0.416 e. The molecule has 156 valence electrons. The molecule has 1 heterocycles. The minimum absolute atomic E-state index is 0.186. The maximum Gasteiger partial charge on any atom is 0.416 e. The summed E-state index contributed by atoms with van der Waals surface area (Å²) in [6.45, 7) is 5.22. The molecule has 1 saturated heterocycles. The van der Waals surface area contributed by atoms with Crippen LogP contribution in [0.2, 0.25) is 0 Å². The molecule has 1 aliphatic rings. The van der Waals surface area contributed by atoms with Crippen molar-refractivity contribution in [2.45, 2.75) is 38.5 Å². The molecule has 0 radical (unpaired) electrons. The van der Waals surface area contributed by atoms with E-state index < -0.39 is 11.7 Å². The second-order valence-corrected chi connectivity index (χ2v) is 6.65. The number of halogens is 3. The SMILES string of the molecule is CCNC(=NCCC(=O)OC)NC1CCN(Cc2ccc(C(F)(F)F)cc2)C1.